The number of benzene rings is 3. The van der Waals surface area contributed by atoms with Crippen molar-refractivity contribution in [1.29, 1.82) is 0 Å². The number of urea groups is 1. The summed E-state index contributed by atoms with van der Waals surface area (Å²) in [5.41, 5.74) is 0. The van der Waals surface area contributed by atoms with Crippen molar-refractivity contribution in [2.24, 2.45) is 0 Å². The van der Waals surface area contributed by atoms with Crippen molar-refractivity contribution in [3.63, 3.8) is 0 Å². The molecule has 0 N–H and O–H groups in total. The molecule has 1 aliphatic heterocycles. The minimum absolute atomic E-state index is 0.00926. The molecule has 6 rings (SSSR count). The largest absolute Gasteiger partial charge is 0.353 e. The van der Waals surface area contributed by atoms with E-state index in [0.29, 0.717) is 6.42 Å². The van der Waals surface area contributed by atoms with Gasteiger partial charge in [0.25, 0.3) is 0 Å². The van der Waals surface area contributed by atoms with Gasteiger partial charge in [-0.25, -0.2) is 19.4 Å². The molecule has 0 unspecified atom stereocenters. The Bertz CT molecular complexity index is 2350. The number of aromatic nitrogens is 5. The van der Waals surface area contributed by atoms with Gasteiger partial charge in [-0.05, 0) is 57.0 Å². The van der Waals surface area contributed by atoms with Crippen molar-refractivity contribution >= 4 is 69.6 Å². The zero-order chi connectivity index (χ0) is 56.9. The van der Waals surface area contributed by atoms with E-state index >= 15 is 0 Å². The van der Waals surface area contributed by atoms with Crippen molar-refractivity contribution in [2.75, 3.05) is 41.9 Å². The van der Waals surface area contributed by atoms with Crippen molar-refractivity contribution < 1.29 is 28.0 Å². The molecule has 3 heterocycles. The SMILES string of the molecule is C=CN(C)C(=O)N(C)C=C.C=CN(C)C(C)=O.C=CN1CCCCCC1=O.C=CP(=O)(OC)OC.C=CP(C=C)c1ccccc1.C=CP(c1ccccc1)c1ccccc1.C=Cn1ccnc1.C=Cn1cncn1. The third-order valence-corrected chi connectivity index (χ3v) is 14.8. The lowest BCUT2D eigenvalue weighted by atomic mass is 10.2. The van der Waals surface area contributed by atoms with E-state index in [-0.39, 0.29) is 33.7 Å². The van der Waals surface area contributed by atoms with E-state index in [9.17, 15) is 18.9 Å². The minimum atomic E-state index is -2.90. The van der Waals surface area contributed by atoms with Crippen molar-refractivity contribution in [3.8, 4) is 0 Å². The van der Waals surface area contributed by atoms with Gasteiger partial charge < -0.3 is 33.2 Å². The molecule has 0 bridgehead atoms. The number of hydrogen-bond acceptors (Lipinski definition) is 9. The van der Waals surface area contributed by atoms with Gasteiger partial charge in [0.05, 0.1) is 6.33 Å². The number of carbonyl (C=O) groups is 3. The van der Waals surface area contributed by atoms with Crippen LogP contribution in [-0.4, -0.2) is 104 Å². The number of carbonyl (C=O) groups excluding carboxylic acids is 3. The van der Waals surface area contributed by atoms with E-state index in [1.54, 1.807) is 68.1 Å². The van der Waals surface area contributed by atoms with E-state index in [1.165, 1.54) is 87.8 Å². The fraction of sp³-hybridized carbons (Fsp3) is 0.193. The lowest BCUT2D eigenvalue weighted by molar-refractivity contribution is -0.128. The summed E-state index contributed by atoms with van der Waals surface area (Å²) in [5, 5.41) is 7.75. The van der Waals surface area contributed by atoms with Crippen molar-refractivity contribution in [3.05, 3.63) is 236 Å². The molecule has 4 amide bonds. The quantitative estimate of drug-likeness (QED) is 0.0934. The first-order chi connectivity index (χ1) is 36.0. The summed E-state index contributed by atoms with van der Waals surface area (Å²) in [7, 11) is 3.95. The van der Waals surface area contributed by atoms with Gasteiger partial charge in [-0.3, -0.25) is 14.2 Å². The van der Waals surface area contributed by atoms with Crippen molar-refractivity contribution in [2.45, 2.75) is 32.6 Å². The van der Waals surface area contributed by atoms with Gasteiger partial charge in [-0.1, -0.05) is 181 Å². The first-order valence-electron chi connectivity index (χ1n) is 23.0. The standard InChI is InChI=1S/C14H13P.C10H11P.C8H13NO.C7H12N2O.C5H6N2.C5H9NO.C4H5N3.C4H9O3P/c1-2-15(13-9-5-3-6-10-13)14-11-7-4-8-12-14;1-3-11(4-2)10-8-6-5-7-9-10;1-2-9-7-5-3-4-6-8(9)10;1-5-8(3)7(10)9(4)6-2;1-2-7-4-3-6-5-7;1-4-6(3)5(2)7;1-2-7-4-5-3-6-7;1-4-8(5,6-2)7-3/h2-12H,1H2;3-9H,1-2H2;2H,1,3-7H2;5-6H,1-2H2,3-4H3;2-5H,1H2;4H,1H2,2-3H3;2-4H,1H2;4H,1H2,2-3H3. The van der Waals surface area contributed by atoms with Crippen LogP contribution in [0.3, 0.4) is 0 Å². The number of amides is 4. The molecule has 1 fully saturated rings. The van der Waals surface area contributed by atoms with Crippen LogP contribution in [0, 0.1) is 0 Å². The molecule has 18 heteroatoms. The highest BCUT2D eigenvalue weighted by Crippen LogP contribution is 2.47. The third kappa shape index (κ3) is 31.7. The predicted octanol–water partition coefficient (Wildman–Crippen LogP) is 12.7. The number of rotatable bonds is 15. The van der Waals surface area contributed by atoms with Crippen LogP contribution in [0.2, 0.25) is 0 Å². The fourth-order valence-corrected chi connectivity index (χ4v) is 8.31. The van der Waals surface area contributed by atoms with Gasteiger partial charge in [0.1, 0.15) is 12.7 Å². The minimum Gasteiger partial charge on any atom is -0.323 e. The molecule has 0 aliphatic carbocycles. The predicted molar refractivity (Wildman–Crippen MR) is 320 cm³/mol. The summed E-state index contributed by atoms with van der Waals surface area (Å²) in [6, 6.07) is 31.2. The highest BCUT2D eigenvalue weighted by atomic mass is 31.2. The van der Waals surface area contributed by atoms with Crippen LogP contribution in [0.1, 0.15) is 32.6 Å². The maximum absolute atomic E-state index is 11.1. The first-order valence-corrected chi connectivity index (χ1v) is 27.6. The molecule has 3 aromatic carbocycles. The zero-order valence-corrected chi connectivity index (χ0v) is 47.4. The summed E-state index contributed by atoms with van der Waals surface area (Å²) in [6.45, 7) is 37.9. The highest BCUT2D eigenvalue weighted by molar-refractivity contribution is 7.75. The van der Waals surface area contributed by atoms with E-state index in [2.05, 4.69) is 156 Å². The second-order valence-electron chi connectivity index (χ2n) is 14.4. The van der Waals surface area contributed by atoms with Crippen LogP contribution < -0.4 is 15.9 Å². The Labute approximate surface area is 450 Å². The van der Waals surface area contributed by atoms with Crippen LogP contribution in [0.5, 0.6) is 0 Å². The van der Waals surface area contributed by atoms with Crippen LogP contribution in [0.15, 0.2) is 236 Å². The van der Waals surface area contributed by atoms with Crippen LogP contribution in [-0.2, 0) is 23.2 Å². The normalized spacial score (nSPS) is 10.8. The summed E-state index contributed by atoms with van der Waals surface area (Å²) >= 11 is 0. The topological polar surface area (TPSA) is 148 Å². The molecule has 5 aromatic rings. The molecule has 402 valence electrons. The van der Waals surface area contributed by atoms with Gasteiger partial charge in [-0.15, -0.1) is 0 Å². The Morgan fingerprint density at radius 3 is 1.41 bits per heavy atom. The summed E-state index contributed by atoms with van der Waals surface area (Å²) in [6.07, 6.45) is 21.6. The maximum Gasteiger partial charge on any atom is 0.353 e. The molecule has 0 saturated carbocycles. The van der Waals surface area contributed by atoms with E-state index in [1.807, 2.05) is 48.2 Å². The molecule has 1 aliphatic rings. The number of imidazole rings is 1. The maximum atomic E-state index is 11.1. The first kappa shape index (κ1) is 69.7. The molecule has 0 atom stereocenters. The molecule has 2 aromatic heterocycles. The van der Waals surface area contributed by atoms with E-state index < -0.39 is 7.60 Å². The average Bonchev–Trinajstić information content (AvgIpc) is 4.17. The Kier molecular flexibility index (Phi) is 41.0. The molecule has 0 spiro atoms. The number of hydrogen-bond donors (Lipinski definition) is 0. The smallest absolute Gasteiger partial charge is 0.323 e. The highest BCUT2D eigenvalue weighted by Gasteiger charge is 2.14. The van der Waals surface area contributed by atoms with Crippen LogP contribution >= 0.6 is 23.4 Å². The lowest BCUT2D eigenvalue weighted by Crippen LogP contribution is -2.31. The zero-order valence-electron chi connectivity index (χ0n) is 44.7. The Morgan fingerprint density at radius 1 is 0.640 bits per heavy atom. The fourth-order valence-electron chi connectivity index (χ4n) is 5.07. The van der Waals surface area contributed by atoms with Gasteiger partial charge in [0, 0.05) is 98.3 Å². The van der Waals surface area contributed by atoms with Crippen LogP contribution in [0.25, 0.3) is 12.4 Å². The molecule has 15 nitrogen and oxygen atoms in total. The monoisotopic (exact) mass is 1080 g/mol. The van der Waals surface area contributed by atoms with E-state index in [0.717, 1.165) is 25.2 Å². The second kappa shape index (κ2) is 44.1. The van der Waals surface area contributed by atoms with Gasteiger partial charge in [0.2, 0.25) is 11.8 Å². The van der Waals surface area contributed by atoms with E-state index in [4.69, 9.17) is 0 Å². The molecular formula is C57H78N9O6P3. The summed E-state index contributed by atoms with van der Waals surface area (Å²) < 4.78 is 23.0. The molecule has 0 radical (unpaired) electrons. The molecule has 1 saturated heterocycles. The Hall–Kier alpha value is -7.37. The second-order valence-corrected chi connectivity index (χ2v) is 20.8. The van der Waals surface area contributed by atoms with Gasteiger partial charge >= 0.3 is 13.6 Å². The number of nitrogens with zero attached hydrogens (tertiary/aromatic N) is 9. The third-order valence-electron chi connectivity index (χ3n) is 9.54. The van der Waals surface area contributed by atoms with Gasteiger partial charge in [0.15, 0.2) is 0 Å². The number of likely N-dealkylation sites (tertiary alicyclic amines) is 1. The molecular weight excluding hydrogens is 1000 g/mol. The summed E-state index contributed by atoms with van der Waals surface area (Å²) in [5.74, 6) is 7.37. The molecule has 75 heavy (non-hydrogen) atoms. The Balaban J connectivity index is 0. The van der Waals surface area contributed by atoms with Crippen LogP contribution in [0.4, 0.5) is 4.79 Å². The van der Waals surface area contributed by atoms with Gasteiger partial charge in [-0.2, -0.15) is 5.10 Å². The van der Waals surface area contributed by atoms with Crippen molar-refractivity contribution in [1.82, 2.24) is 43.9 Å². The summed E-state index contributed by atoms with van der Waals surface area (Å²) in [4.78, 5) is 45.7. The Morgan fingerprint density at radius 2 is 1.13 bits per heavy atom. The lowest BCUT2D eigenvalue weighted by Gasteiger charge is -2.17. The average molecular weight is 1080 g/mol.